The Morgan fingerprint density at radius 1 is 1.06 bits per heavy atom. The van der Waals surface area contributed by atoms with Crippen LogP contribution in [0.2, 0.25) is 0 Å². The molecule has 16 heavy (non-hydrogen) atoms. The second-order valence-corrected chi connectivity index (χ2v) is 5.88. The molecule has 1 aromatic carbocycles. The molecule has 0 spiro atoms. The van der Waals surface area contributed by atoms with E-state index in [0.29, 0.717) is 12.2 Å². The third kappa shape index (κ3) is 2.46. The molecular weight excluding hydrogens is 196 g/mol. The topological polar surface area (TPSA) is 9.23 Å². The van der Waals surface area contributed by atoms with Gasteiger partial charge in [-0.15, -0.1) is 0 Å². The van der Waals surface area contributed by atoms with E-state index < -0.39 is 0 Å². The van der Waals surface area contributed by atoms with Crippen LogP contribution in [0.15, 0.2) is 24.3 Å². The number of hydrogen-bond donors (Lipinski definition) is 0. The van der Waals surface area contributed by atoms with Gasteiger partial charge in [0.25, 0.3) is 0 Å². The molecule has 0 amide bonds. The van der Waals surface area contributed by atoms with Gasteiger partial charge >= 0.3 is 0 Å². The van der Waals surface area contributed by atoms with Gasteiger partial charge in [-0.3, -0.25) is 0 Å². The third-order valence-electron chi connectivity index (χ3n) is 3.38. The van der Waals surface area contributed by atoms with E-state index in [4.69, 9.17) is 4.74 Å². The Kier molecular flexibility index (Phi) is 3.07. The van der Waals surface area contributed by atoms with Crippen molar-refractivity contribution in [1.82, 2.24) is 0 Å². The van der Waals surface area contributed by atoms with E-state index in [1.54, 1.807) is 0 Å². The van der Waals surface area contributed by atoms with Gasteiger partial charge in [0.2, 0.25) is 0 Å². The number of ether oxygens (including phenoxy) is 1. The fourth-order valence-corrected chi connectivity index (χ4v) is 2.25. The van der Waals surface area contributed by atoms with Gasteiger partial charge in [0.1, 0.15) is 0 Å². The maximum atomic E-state index is 5.87. The van der Waals surface area contributed by atoms with Crippen LogP contribution in [0.4, 0.5) is 0 Å². The summed E-state index contributed by atoms with van der Waals surface area (Å²) in [7, 11) is 0. The fourth-order valence-electron chi connectivity index (χ4n) is 2.25. The van der Waals surface area contributed by atoms with Crippen LogP contribution in [0.25, 0.3) is 0 Å². The summed E-state index contributed by atoms with van der Waals surface area (Å²) in [6.07, 6.45) is 3.10. The van der Waals surface area contributed by atoms with Crippen molar-refractivity contribution in [2.75, 3.05) is 0 Å². The number of rotatable bonds is 1. The minimum atomic E-state index is 0.238. The second-order valence-electron chi connectivity index (χ2n) is 5.88. The molecule has 1 aliphatic heterocycles. The number of hydrogen-bond acceptors (Lipinski definition) is 1. The van der Waals surface area contributed by atoms with Crippen molar-refractivity contribution in [3.63, 3.8) is 0 Å². The lowest BCUT2D eigenvalue weighted by Crippen LogP contribution is -2.11. The Bertz CT molecular complexity index is 345. The molecular formula is C15H22O. The molecule has 88 valence electrons. The Hall–Kier alpha value is -0.820. The van der Waals surface area contributed by atoms with E-state index in [0.717, 1.165) is 6.42 Å². The van der Waals surface area contributed by atoms with Crippen LogP contribution in [0, 0.1) is 0 Å². The highest BCUT2D eigenvalue weighted by Gasteiger charge is 2.23. The molecule has 1 heteroatoms. The molecule has 0 aliphatic carbocycles. The summed E-state index contributed by atoms with van der Waals surface area (Å²) in [4.78, 5) is 0. The Morgan fingerprint density at radius 2 is 1.69 bits per heavy atom. The molecule has 0 unspecified atom stereocenters. The highest BCUT2D eigenvalue weighted by molar-refractivity contribution is 5.29. The predicted octanol–water partition coefficient (Wildman–Crippen LogP) is 4.22. The van der Waals surface area contributed by atoms with Crippen molar-refractivity contribution in [2.45, 2.75) is 58.2 Å². The van der Waals surface area contributed by atoms with Crippen molar-refractivity contribution in [3.8, 4) is 0 Å². The molecule has 1 aliphatic rings. The highest BCUT2D eigenvalue weighted by atomic mass is 16.5. The monoisotopic (exact) mass is 218 g/mol. The quantitative estimate of drug-likeness (QED) is 0.685. The Labute approximate surface area is 98.8 Å². The lowest BCUT2D eigenvalue weighted by Gasteiger charge is -2.20. The van der Waals surface area contributed by atoms with Crippen LogP contribution < -0.4 is 0 Å². The average Bonchev–Trinajstić information content (AvgIpc) is 2.64. The fraction of sp³-hybridized carbons (Fsp3) is 0.600. The first kappa shape index (κ1) is 11.7. The Balaban J connectivity index is 2.14. The van der Waals surface area contributed by atoms with Crippen LogP contribution in [-0.4, -0.2) is 6.10 Å². The van der Waals surface area contributed by atoms with E-state index >= 15 is 0 Å². The molecule has 0 bridgehead atoms. The van der Waals surface area contributed by atoms with Gasteiger partial charge in [0, 0.05) is 0 Å². The van der Waals surface area contributed by atoms with Crippen LogP contribution in [0.5, 0.6) is 0 Å². The van der Waals surface area contributed by atoms with E-state index in [-0.39, 0.29) is 5.41 Å². The van der Waals surface area contributed by atoms with Gasteiger partial charge < -0.3 is 4.74 Å². The first-order valence-electron chi connectivity index (χ1n) is 6.23. The Morgan fingerprint density at radius 3 is 2.12 bits per heavy atom. The zero-order valence-corrected chi connectivity index (χ0v) is 10.8. The van der Waals surface area contributed by atoms with Gasteiger partial charge in [0.15, 0.2) is 0 Å². The van der Waals surface area contributed by atoms with E-state index in [1.165, 1.54) is 17.5 Å². The number of benzene rings is 1. The largest absolute Gasteiger partial charge is 0.371 e. The molecule has 1 nitrogen and oxygen atoms in total. The highest BCUT2D eigenvalue weighted by Crippen LogP contribution is 2.33. The summed E-state index contributed by atoms with van der Waals surface area (Å²) >= 11 is 0. The molecule has 0 saturated carbocycles. The molecule has 1 aromatic rings. The van der Waals surface area contributed by atoms with Crippen molar-refractivity contribution < 1.29 is 4.74 Å². The van der Waals surface area contributed by atoms with Crippen molar-refractivity contribution in [3.05, 3.63) is 35.4 Å². The maximum absolute atomic E-state index is 5.87. The summed E-state index contributed by atoms with van der Waals surface area (Å²) in [6, 6.07) is 8.93. The predicted molar refractivity (Wildman–Crippen MR) is 67.7 cm³/mol. The lowest BCUT2D eigenvalue weighted by atomic mass is 9.86. The molecule has 2 atom stereocenters. The molecule has 1 fully saturated rings. The van der Waals surface area contributed by atoms with E-state index in [1.807, 2.05) is 0 Å². The minimum absolute atomic E-state index is 0.238. The summed E-state index contributed by atoms with van der Waals surface area (Å²) < 4.78 is 5.87. The molecule has 0 radical (unpaired) electrons. The molecule has 2 rings (SSSR count). The van der Waals surface area contributed by atoms with Gasteiger partial charge in [-0.25, -0.2) is 0 Å². The van der Waals surface area contributed by atoms with Crippen LogP contribution in [0.1, 0.15) is 57.8 Å². The van der Waals surface area contributed by atoms with Crippen LogP contribution in [0.3, 0.4) is 0 Å². The molecule has 1 saturated heterocycles. The van der Waals surface area contributed by atoms with Gasteiger partial charge in [-0.05, 0) is 36.3 Å². The summed E-state index contributed by atoms with van der Waals surface area (Å²) in [6.45, 7) is 8.89. The zero-order chi connectivity index (χ0) is 11.8. The van der Waals surface area contributed by atoms with Crippen LogP contribution >= 0.6 is 0 Å². The molecule has 1 heterocycles. The molecule has 0 aromatic heterocycles. The van der Waals surface area contributed by atoms with Gasteiger partial charge in [-0.2, -0.15) is 0 Å². The second kappa shape index (κ2) is 4.21. The van der Waals surface area contributed by atoms with Crippen molar-refractivity contribution in [2.24, 2.45) is 0 Å². The van der Waals surface area contributed by atoms with Crippen LogP contribution in [-0.2, 0) is 10.2 Å². The summed E-state index contributed by atoms with van der Waals surface area (Å²) in [5.74, 6) is 0. The molecule has 0 N–H and O–H groups in total. The van der Waals surface area contributed by atoms with Gasteiger partial charge in [0.05, 0.1) is 12.2 Å². The summed E-state index contributed by atoms with van der Waals surface area (Å²) in [5, 5.41) is 0. The normalized spacial score (nSPS) is 26.0. The minimum Gasteiger partial charge on any atom is -0.371 e. The van der Waals surface area contributed by atoms with Gasteiger partial charge in [-0.1, -0.05) is 45.0 Å². The zero-order valence-electron chi connectivity index (χ0n) is 10.8. The third-order valence-corrected chi connectivity index (χ3v) is 3.38. The van der Waals surface area contributed by atoms with Crippen molar-refractivity contribution >= 4 is 0 Å². The van der Waals surface area contributed by atoms with E-state index in [9.17, 15) is 0 Å². The lowest BCUT2D eigenvalue weighted by molar-refractivity contribution is 0.0555. The SMILES string of the molecule is C[C@@H]1CC[C@@H](c2ccc(C(C)(C)C)cc2)O1. The maximum Gasteiger partial charge on any atom is 0.0829 e. The van der Waals surface area contributed by atoms with E-state index in [2.05, 4.69) is 52.0 Å². The van der Waals surface area contributed by atoms with Crippen molar-refractivity contribution in [1.29, 1.82) is 0 Å². The standard InChI is InChI=1S/C15H22O/c1-11-5-10-14(16-11)12-6-8-13(9-7-12)15(2,3)4/h6-9,11,14H,5,10H2,1-4H3/t11-,14+/m1/s1. The average molecular weight is 218 g/mol. The first-order chi connectivity index (χ1) is 7.47. The summed E-state index contributed by atoms with van der Waals surface area (Å²) in [5.41, 5.74) is 2.96. The first-order valence-corrected chi connectivity index (χ1v) is 6.23. The smallest absolute Gasteiger partial charge is 0.0829 e.